The molecule has 1 aromatic heterocycles. The van der Waals surface area contributed by atoms with Crippen LogP contribution in [0.4, 0.5) is 0 Å². The molecule has 214 valence electrons. The van der Waals surface area contributed by atoms with Gasteiger partial charge in [0, 0.05) is 29.9 Å². The van der Waals surface area contributed by atoms with E-state index >= 15 is 0 Å². The van der Waals surface area contributed by atoms with Gasteiger partial charge in [-0.05, 0) is 37.3 Å². The van der Waals surface area contributed by atoms with E-state index in [1.165, 1.54) is 6.92 Å². The average molecular weight is 547 g/mol. The standard InChI is InChI=1S/C26H38N6O7/c1-13(2)10-20(26(38)39)31-24(36)19(11-15-12-29-18-7-5-4-6-16(15)18)30-25(37)22(14(3)33)32-23(35)17(27)8-9-21(28)34/h4-7,12-14,17,19-20,22,29,33H,8-11,27H2,1-3H3,(H2,28,34)(H,30,37)(H,31,36)(H,32,35)(H,38,39). The van der Waals surface area contributed by atoms with Crippen LogP contribution in [0, 0.1) is 5.92 Å². The van der Waals surface area contributed by atoms with Crippen molar-refractivity contribution in [2.24, 2.45) is 17.4 Å². The van der Waals surface area contributed by atoms with Gasteiger partial charge in [-0.15, -0.1) is 0 Å². The zero-order chi connectivity index (χ0) is 29.3. The number of benzene rings is 1. The van der Waals surface area contributed by atoms with Crippen molar-refractivity contribution >= 4 is 40.5 Å². The molecular weight excluding hydrogens is 508 g/mol. The second kappa shape index (κ2) is 14.3. The van der Waals surface area contributed by atoms with Crippen LogP contribution >= 0.6 is 0 Å². The van der Waals surface area contributed by atoms with Gasteiger partial charge in [-0.1, -0.05) is 32.0 Å². The highest BCUT2D eigenvalue weighted by molar-refractivity contribution is 5.95. The summed E-state index contributed by atoms with van der Waals surface area (Å²) >= 11 is 0. The number of aromatic amines is 1. The Hall–Kier alpha value is -3.97. The molecule has 0 aliphatic carbocycles. The number of hydrogen-bond donors (Lipinski definition) is 8. The number of aromatic nitrogens is 1. The summed E-state index contributed by atoms with van der Waals surface area (Å²) < 4.78 is 0. The molecule has 0 bridgehead atoms. The van der Waals surface area contributed by atoms with Crippen LogP contribution in [0.15, 0.2) is 30.5 Å². The van der Waals surface area contributed by atoms with Crippen LogP contribution in [0.3, 0.4) is 0 Å². The summed E-state index contributed by atoms with van der Waals surface area (Å²) in [5, 5.41) is 28.0. The smallest absolute Gasteiger partial charge is 0.326 e. The van der Waals surface area contributed by atoms with Crippen molar-refractivity contribution in [3.63, 3.8) is 0 Å². The number of nitrogens with one attached hydrogen (secondary N) is 4. The van der Waals surface area contributed by atoms with Crippen LogP contribution in [0.5, 0.6) is 0 Å². The van der Waals surface area contributed by atoms with Crippen molar-refractivity contribution in [1.82, 2.24) is 20.9 Å². The number of primary amides is 1. The molecule has 13 heteroatoms. The van der Waals surface area contributed by atoms with Gasteiger partial charge in [-0.2, -0.15) is 0 Å². The second-order valence-corrected chi connectivity index (χ2v) is 9.99. The molecule has 39 heavy (non-hydrogen) atoms. The number of aliphatic carboxylic acids is 1. The molecule has 10 N–H and O–H groups in total. The minimum absolute atomic E-state index is 0.00575. The maximum absolute atomic E-state index is 13.3. The zero-order valence-electron chi connectivity index (χ0n) is 22.3. The van der Waals surface area contributed by atoms with Gasteiger partial charge in [0.15, 0.2) is 0 Å². The van der Waals surface area contributed by atoms with Crippen LogP contribution in [-0.2, 0) is 30.4 Å². The van der Waals surface area contributed by atoms with Crippen LogP contribution in [0.2, 0.25) is 0 Å². The van der Waals surface area contributed by atoms with E-state index in [9.17, 15) is 34.2 Å². The number of carboxylic acid groups (broad SMARTS) is 1. The molecule has 1 heterocycles. The molecule has 0 fully saturated rings. The lowest BCUT2D eigenvalue weighted by Crippen LogP contribution is -2.60. The third-order valence-corrected chi connectivity index (χ3v) is 6.15. The average Bonchev–Trinajstić information content (AvgIpc) is 3.26. The number of H-pyrrole nitrogens is 1. The van der Waals surface area contributed by atoms with Crippen molar-refractivity contribution < 1.29 is 34.2 Å². The number of carboxylic acids is 1. The Labute approximate surface area is 226 Å². The Morgan fingerprint density at radius 3 is 2.18 bits per heavy atom. The highest BCUT2D eigenvalue weighted by atomic mass is 16.4. The van der Waals surface area contributed by atoms with Crippen molar-refractivity contribution in [3.8, 4) is 0 Å². The fraction of sp³-hybridized carbons (Fsp3) is 0.500. The number of nitrogens with two attached hydrogens (primary N) is 2. The van der Waals surface area contributed by atoms with E-state index < -0.39 is 59.9 Å². The summed E-state index contributed by atoms with van der Waals surface area (Å²) in [5.41, 5.74) is 12.4. The second-order valence-electron chi connectivity index (χ2n) is 9.99. The van der Waals surface area contributed by atoms with Gasteiger partial charge < -0.3 is 42.6 Å². The first kappa shape index (κ1) is 31.2. The summed E-state index contributed by atoms with van der Waals surface area (Å²) in [6, 6.07) is 2.26. The van der Waals surface area contributed by atoms with Crippen LogP contribution in [0.1, 0.15) is 45.6 Å². The van der Waals surface area contributed by atoms with Gasteiger partial charge in [0.25, 0.3) is 0 Å². The first-order valence-corrected chi connectivity index (χ1v) is 12.7. The fourth-order valence-corrected chi connectivity index (χ4v) is 4.05. The SMILES string of the molecule is CC(C)CC(NC(=O)C(Cc1c[nH]c2ccccc12)NC(=O)C(NC(=O)C(N)CCC(N)=O)C(C)O)C(=O)O. The predicted molar refractivity (Wildman–Crippen MR) is 143 cm³/mol. The van der Waals surface area contributed by atoms with Crippen molar-refractivity contribution in [1.29, 1.82) is 0 Å². The third-order valence-electron chi connectivity index (χ3n) is 6.15. The third kappa shape index (κ3) is 9.37. The number of rotatable bonds is 15. The molecular formula is C26H38N6O7. The van der Waals surface area contributed by atoms with Crippen LogP contribution in [0.25, 0.3) is 10.9 Å². The largest absolute Gasteiger partial charge is 0.480 e. The molecule has 5 unspecified atom stereocenters. The molecule has 2 rings (SSSR count). The molecule has 0 saturated heterocycles. The molecule has 2 aromatic rings. The quantitative estimate of drug-likeness (QED) is 0.142. The zero-order valence-corrected chi connectivity index (χ0v) is 22.3. The van der Waals surface area contributed by atoms with E-state index in [0.29, 0.717) is 5.56 Å². The first-order chi connectivity index (χ1) is 18.3. The molecule has 0 spiro atoms. The van der Waals surface area contributed by atoms with E-state index in [1.54, 1.807) is 6.20 Å². The van der Waals surface area contributed by atoms with Gasteiger partial charge in [0.05, 0.1) is 12.1 Å². The molecule has 1 aromatic carbocycles. The van der Waals surface area contributed by atoms with E-state index in [1.807, 2.05) is 38.1 Å². The Morgan fingerprint density at radius 1 is 0.949 bits per heavy atom. The normalized spacial score (nSPS) is 15.1. The summed E-state index contributed by atoms with van der Waals surface area (Å²) in [6.45, 7) is 4.91. The first-order valence-electron chi connectivity index (χ1n) is 12.7. The minimum Gasteiger partial charge on any atom is -0.480 e. The highest BCUT2D eigenvalue weighted by Crippen LogP contribution is 2.19. The van der Waals surface area contributed by atoms with Gasteiger partial charge in [0.2, 0.25) is 23.6 Å². The summed E-state index contributed by atoms with van der Waals surface area (Å²) in [4.78, 5) is 64.8. The maximum atomic E-state index is 13.3. The van der Waals surface area contributed by atoms with Crippen molar-refractivity contribution in [3.05, 3.63) is 36.0 Å². The lowest BCUT2D eigenvalue weighted by molar-refractivity contribution is -0.143. The van der Waals surface area contributed by atoms with Gasteiger partial charge in [-0.25, -0.2) is 4.79 Å². The number of carbonyl (C=O) groups is 5. The Morgan fingerprint density at radius 2 is 1.59 bits per heavy atom. The van der Waals surface area contributed by atoms with E-state index in [0.717, 1.165) is 10.9 Å². The van der Waals surface area contributed by atoms with Crippen molar-refractivity contribution in [2.45, 2.75) is 76.7 Å². The number of para-hydroxylation sites is 1. The topological polar surface area (TPSA) is 230 Å². The molecule has 0 radical (unpaired) electrons. The number of aliphatic hydroxyl groups is 1. The maximum Gasteiger partial charge on any atom is 0.326 e. The predicted octanol–water partition coefficient (Wildman–Crippen LogP) is -0.731. The van der Waals surface area contributed by atoms with Gasteiger partial charge in [0.1, 0.15) is 18.1 Å². The van der Waals surface area contributed by atoms with Gasteiger partial charge in [-0.3, -0.25) is 19.2 Å². The monoisotopic (exact) mass is 546 g/mol. The number of hydrogen-bond acceptors (Lipinski definition) is 7. The molecule has 13 nitrogen and oxygen atoms in total. The summed E-state index contributed by atoms with van der Waals surface area (Å²) in [6.07, 6.45) is 0.271. The Kier molecular flexibility index (Phi) is 11.4. The fourth-order valence-electron chi connectivity index (χ4n) is 4.05. The van der Waals surface area contributed by atoms with Crippen molar-refractivity contribution in [2.75, 3.05) is 0 Å². The molecule has 0 aliphatic heterocycles. The van der Waals surface area contributed by atoms with Gasteiger partial charge >= 0.3 is 5.97 Å². The van der Waals surface area contributed by atoms with E-state index in [2.05, 4.69) is 20.9 Å². The van der Waals surface area contributed by atoms with E-state index in [4.69, 9.17) is 11.5 Å². The Balaban J connectivity index is 2.28. The number of amides is 4. The van der Waals surface area contributed by atoms with Crippen LogP contribution < -0.4 is 27.4 Å². The lowest BCUT2D eigenvalue weighted by atomic mass is 10.0. The lowest BCUT2D eigenvalue weighted by Gasteiger charge is -2.26. The number of fused-ring (bicyclic) bond motifs is 1. The minimum atomic E-state index is -1.48. The Bertz CT molecular complexity index is 1180. The molecule has 0 saturated carbocycles. The molecule has 0 aliphatic rings. The summed E-state index contributed by atoms with van der Waals surface area (Å²) in [5.74, 6) is -4.30. The highest BCUT2D eigenvalue weighted by Gasteiger charge is 2.33. The van der Waals surface area contributed by atoms with E-state index in [-0.39, 0.29) is 31.6 Å². The molecule has 4 amide bonds. The number of aliphatic hydroxyl groups excluding tert-OH is 1. The summed E-state index contributed by atoms with van der Waals surface area (Å²) in [7, 11) is 0. The van der Waals surface area contributed by atoms with Crippen LogP contribution in [-0.4, -0.2) is 75.1 Å². The number of carbonyl (C=O) groups excluding carboxylic acids is 4. The molecule has 5 atom stereocenters.